The maximum atomic E-state index is 12.5. The van der Waals surface area contributed by atoms with E-state index in [1.807, 2.05) is 13.1 Å². The van der Waals surface area contributed by atoms with Gasteiger partial charge in [-0.3, -0.25) is 4.79 Å². The van der Waals surface area contributed by atoms with E-state index in [9.17, 15) is 15.0 Å². The summed E-state index contributed by atoms with van der Waals surface area (Å²) in [6.07, 6.45) is 0.273. The number of Topliss-reactive ketones (excluding diaryl/α,β-unsaturated/α-hetero) is 1. The summed E-state index contributed by atoms with van der Waals surface area (Å²) in [5.74, 6) is 0.561. The molecule has 1 spiro atoms. The molecule has 4 atom stereocenters. The molecule has 0 radical (unpaired) electrons. The number of rotatable bonds is 0. The van der Waals surface area contributed by atoms with Gasteiger partial charge in [-0.1, -0.05) is 6.07 Å². The van der Waals surface area contributed by atoms with Crippen LogP contribution in [-0.4, -0.2) is 63.4 Å². The molecule has 140 valence electrons. The minimum atomic E-state index is -1.33. The van der Waals surface area contributed by atoms with E-state index in [2.05, 4.69) is 10.6 Å². The zero-order valence-corrected chi connectivity index (χ0v) is 14.4. The van der Waals surface area contributed by atoms with Gasteiger partial charge in [-0.15, -0.1) is 0 Å². The van der Waals surface area contributed by atoms with Gasteiger partial charge in [-0.25, -0.2) is 4.79 Å². The smallest absolute Gasteiger partial charge is 0.402 e. The quantitative estimate of drug-likeness (QED) is 0.524. The minimum absolute atomic E-state index is 0.00319. The number of phenols is 1. The Balaban J connectivity index is 0.000000385. The van der Waals surface area contributed by atoms with Crippen LogP contribution in [0.1, 0.15) is 30.4 Å². The third-order valence-corrected chi connectivity index (χ3v) is 6.53. The largest absolute Gasteiger partial charge is 0.504 e. The van der Waals surface area contributed by atoms with E-state index in [1.165, 1.54) is 0 Å². The number of ether oxygens (including phenoxy) is 1. The van der Waals surface area contributed by atoms with Crippen LogP contribution in [0.4, 0.5) is 4.79 Å². The third kappa shape index (κ3) is 1.91. The average molecular weight is 362 g/mol. The summed E-state index contributed by atoms with van der Waals surface area (Å²) in [7, 11) is 2.04. The standard InChI is InChI=1S/C17H19NO4.CH3NO2/c1-18-7-6-16-13-9-2-3-10(19)14(13)22-15(16)11(20)4-5-17(16,21)12(18)8-9;2-1(3)4/h2-3,12,15,19,21H,4-8H2,1H3;2H2,(H,3,4)/t12-,15+,16+,17-;/m1./s1. The van der Waals surface area contributed by atoms with Crippen LogP contribution in [0.2, 0.25) is 0 Å². The Morgan fingerprint density at radius 1 is 1.38 bits per heavy atom. The first-order valence-corrected chi connectivity index (χ1v) is 8.68. The highest BCUT2D eigenvalue weighted by molar-refractivity contribution is 5.90. The first kappa shape index (κ1) is 17.1. The molecule has 1 saturated carbocycles. The molecule has 2 aliphatic heterocycles. The molecular formula is C18H22N2O6. The molecule has 2 bridgehead atoms. The van der Waals surface area contributed by atoms with E-state index in [1.54, 1.807) is 6.07 Å². The average Bonchev–Trinajstić information content (AvgIpc) is 2.92. The number of carbonyl (C=O) groups excluding carboxylic acids is 1. The van der Waals surface area contributed by atoms with Gasteiger partial charge in [0.15, 0.2) is 23.4 Å². The number of hydrogen-bond acceptors (Lipinski definition) is 6. The molecule has 5 N–H and O–H groups in total. The number of aromatic hydroxyl groups is 1. The molecule has 2 aliphatic carbocycles. The number of amides is 1. The van der Waals surface area contributed by atoms with Crippen LogP contribution in [0.25, 0.3) is 0 Å². The summed E-state index contributed by atoms with van der Waals surface area (Å²) < 4.78 is 5.94. The molecule has 5 rings (SSSR count). The molecule has 8 heteroatoms. The predicted octanol–water partition coefficient (Wildman–Crippen LogP) is 0.368. The number of carbonyl (C=O) groups is 2. The number of likely N-dealkylation sites (N-methyl/N-ethyl adjacent to an activating group) is 1. The lowest BCUT2D eigenvalue weighted by atomic mass is 9.49. The Labute approximate surface area is 150 Å². The fraction of sp³-hybridized carbons (Fsp3) is 0.556. The summed E-state index contributed by atoms with van der Waals surface area (Å²) >= 11 is 0. The van der Waals surface area contributed by atoms with Crippen LogP contribution in [0.3, 0.4) is 0 Å². The van der Waals surface area contributed by atoms with E-state index in [0.717, 1.165) is 24.1 Å². The zero-order valence-electron chi connectivity index (χ0n) is 14.4. The van der Waals surface area contributed by atoms with Gasteiger partial charge >= 0.3 is 6.09 Å². The molecule has 8 nitrogen and oxygen atoms in total. The van der Waals surface area contributed by atoms with E-state index in [-0.39, 0.29) is 17.6 Å². The van der Waals surface area contributed by atoms with Crippen molar-refractivity contribution in [2.24, 2.45) is 5.73 Å². The van der Waals surface area contributed by atoms with Crippen LogP contribution >= 0.6 is 0 Å². The zero-order chi connectivity index (χ0) is 18.9. The fourth-order valence-corrected chi connectivity index (χ4v) is 5.54. The van der Waals surface area contributed by atoms with E-state index in [4.69, 9.17) is 14.6 Å². The number of hydrogen-bond donors (Lipinski definition) is 4. The van der Waals surface area contributed by atoms with Crippen molar-refractivity contribution in [2.45, 2.75) is 48.8 Å². The van der Waals surface area contributed by atoms with E-state index >= 15 is 0 Å². The maximum absolute atomic E-state index is 12.5. The van der Waals surface area contributed by atoms with Crippen LogP contribution in [0, 0.1) is 0 Å². The molecular weight excluding hydrogens is 340 g/mol. The van der Waals surface area contributed by atoms with Crippen LogP contribution in [0.5, 0.6) is 11.5 Å². The van der Waals surface area contributed by atoms with Crippen LogP contribution < -0.4 is 10.5 Å². The first-order chi connectivity index (χ1) is 12.2. The highest BCUT2D eigenvalue weighted by atomic mass is 16.5. The van der Waals surface area contributed by atoms with Crippen molar-refractivity contribution >= 4 is 11.9 Å². The van der Waals surface area contributed by atoms with Gasteiger partial charge < -0.3 is 30.7 Å². The summed E-state index contributed by atoms with van der Waals surface area (Å²) in [5.41, 5.74) is 4.40. The number of carboxylic acid groups (broad SMARTS) is 1. The second-order valence-electron chi connectivity index (χ2n) is 7.60. The number of likely N-dealkylation sites (tertiary alicyclic amines) is 1. The normalized spacial score (nSPS) is 36.5. The fourth-order valence-electron chi connectivity index (χ4n) is 5.54. The lowest BCUT2D eigenvalue weighted by Gasteiger charge is -2.61. The topological polar surface area (TPSA) is 133 Å². The van der Waals surface area contributed by atoms with E-state index in [0.29, 0.717) is 25.0 Å². The Morgan fingerprint density at radius 2 is 2.08 bits per heavy atom. The van der Waals surface area contributed by atoms with Crippen molar-refractivity contribution in [1.82, 2.24) is 4.90 Å². The number of piperidine rings is 1. The second kappa shape index (κ2) is 5.34. The molecule has 26 heavy (non-hydrogen) atoms. The van der Waals surface area contributed by atoms with Gasteiger partial charge in [0.1, 0.15) is 0 Å². The number of nitrogens with two attached hydrogens (primary N) is 1. The lowest BCUT2D eigenvalue weighted by molar-refractivity contribution is -0.185. The number of benzene rings is 1. The first-order valence-electron chi connectivity index (χ1n) is 8.68. The Hall–Kier alpha value is -2.32. The summed E-state index contributed by atoms with van der Waals surface area (Å²) in [5, 5.41) is 29.0. The van der Waals surface area contributed by atoms with Gasteiger partial charge in [-0.2, -0.15) is 0 Å². The molecule has 4 aliphatic rings. The monoisotopic (exact) mass is 362 g/mol. The molecule has 2 fully saturated rings. The Bertz CT molecular complexity index is 807. The van der Waals surface area contributed by atoms with Crippen LogP contribution in [-0.2, 0) is 16.6 Å². The molecule has 1 saturated heterocycles. The SMILES string of the molecule is CN1CC[C@]23c4c5ccc(O)c4O[C@H]2C(=O)CC[C@@]3(O)[C@H]1C5.NC(=O)O. The maximum Gasteiger partial charge on any atom is 0.402 e. The number of primary amides is 1. The minimum Gasteiger partial charge on any atom is -0.504 e. The Morgan fingerprint density at radius 3 is 2.77 bits per heavy atom. The lowest BCUT2D eigenvalue weighted by Crippen LogP contribution is -2.76. The van der Waals surface area contributed by atoms with Gasteiger partial charge in [-0.05, 0) is 44.5 Å². The van der Waals surface area contributed by atoms with Crippen molar-refractivity contribution < 1.29 is 29.6 Å². The third-order valence-electron chi connectivity index (χ3n) is 6.53. The highest BCUT2D eigenvalue weighted by Gasteiger charge is 2.72. The molecule has 1 amide bonds. The summed E-state index contributed by atoms with van der Waals surface area (Å²) in [6.45, 7) is 0.828. The molecule has 0 aromatic heterocycles. The molecule has 2 heterocycles. The van der Waals surface area contributed by atoms with Crippen molar-refractivity contribution in [3.63, 3.8) is 0 Å². The summed E-state index contributed by atoms with van der Waals surface area (Å²) in [6, 6.07) is 3.57. The predicted molar refractivity (Wildman–Crippen MR) is 90.3 cm³/mol. The second-order valence-corrected chi connectivity index (χ2v) is 7.60. The van der Waals surface area contributed by atoms with Crippen molar-refractivity contribution in [2.75, 3.05) is 13.6 Å². The van der Waals surface area contributed by atoms with Crippen LogP contribution in [0.15, 0.2) is 12.1 Å². The Kier molecular flexibility index (Phi) is 3.51. The molecule has 0 unspecified atom stereocenters. The van der Waals surface area contributed by atoms with Crippen molar-refractivity contribution in [3.8, 4) is 11.5 Å². The van der Waals surface area contributed by atoms with Gasteiger partial charge in [0.2, 0.25) is 0 Å². The van der Waals surface area contributed by atoms with E-state index < -0.39 is 23.2 Å². The number of nitrogens with zero attached hydrogens (tertiary/aromatic N) is 1. The van der Waals surface area contributed by atoms with Gasteiger partial charge in [0.05, 0.1) is 11.0 Å². The summed E-state index contributed by atoms with van der Waals surface area (Å²) in [4.78, 5) is 23.5. The van der Waals surface area contributed by atoms with Crippen molar-refractivity contribution in [1.29, 1.82) is 0 Å². The number of phenolic OH excluding ortho intramolecular Hbond substituents is 1. The molecule has 1 aromatic rings. The van der Waals surface area contributed by atoms with Gasteiger partial charge in [0.25, 0.3) is 0 Å². The highest BCUT2D eigenvalue weighted by Crippen LogP contribution is 2.64. The van der Waals surface area contributed by atoms with Gasteiger partial charge in [0, 0.05) is 18.0 Å². The number of ketones is 1. The number of aliphatic hydroxyl groups is 1. The van der Waals surface area contributed by atoms with Crippen molar-refractivity contribution in [3.05, 3.63) is 23.3 Å². The molecule has 1 aromatic carbocycles.